The Hall–Kier alpha value is -1.67. The molecule has 3 fully saturated rings. The van der Waals surface area contributed by atoms with Crippen LogP contribution < -0.4 is 10.6 Å². The highest BCUT2D eigenvalue weighted by Crippen LogP contribution is 2.63. The number of aliphatic hydroxyl groups is 1. The zero-order valence-electron chi connectivity index (χ0n) is 21.6. The van der Waals surface area contributed by atoms with E-state index in [-0.39, 0.29) is 29.7 Å². The Morgan fingerprint density at radius 1 is 1.21 bits per heavy atom. The van der Waals surface area contributed by atoms with Crippen LogP contribution in [0.3, 0.4) is 0 Å². The van der Waals surface area contributed by atoms with Gasteiger partial charge in [-0.05, 0) is 58.8 Å². The Balaban J connectivity index is 2.00. The van der Waals surface area contributed by atoms with E-state index in [9.17, 15) is 19.5 Å². The second-order valence-corrected chi connectivity index (χ2v) is 12.4. The van der Waals surface area contributed by atoms with E-state index in [2.05, 4.69) is 31.4 Å². The van der Waals surface area contributed by atoms with Gasteiger partial charge in [-0.3, -0.25) is 14.4 Å². The highest BCUT2D eigenvalue weighted by Gasteiger charge is 2.78. The molecule has 3 saturated heterocycles. The van der Waals surface area contributed by atoms with Gasteiger partial charge in [0.1, 0.15) is 11.6 Å². The summed E-state index contributed by atoms with van der Waals surface area (Å²) in [5.41, 5.74) is -2.35. The lowest BCUT2D eigenvalue weighted by molar-refractivity contribution is -0.150. The molecule has 6 atom stereocenters. The number of hydrogen-bond acceptors (Lipinski definition) is 5. The minimum atomic E-state index is -1.06. The molecular weight excluding hydrogens is 422 g/mol. The Kier molecular flexibility index (Phi) is 6.70. The number of aliphatic hydroxyl groups excluding tert-OH is 1. The molecule has 2 bridgehead atoms. The van der Waals surface area contributed by atoms with E-state index in [0.717, 1.165) is 12.8 Å². The molecule has 8 nitrogen and oxygen atoms in total. The molecule has 0 aromatic rings. The van der Waals surface area contributed by atoms with E-state index in [1.807, 2.05) is 27.7 Å². The van der Waals surface area contributed by atoms with Gasteiger partial charge in [-0.15, -0.1) is 0 Å². The van der Waals surface area contributed by atoms with Crippen molar-refractivity contribution in [3.63, 3.8) is 0 Å². The smallest absolute Gasteiger partial charge is 0.246 e. The molecule has 3 aliphatic heterocycles. The van der Waals surface area contributed by atoms with Crippen molar-refractivity contribution in [3.8, 4) is 0 Å². The highest BCUT2D eigenvalue weighted by molar-refractivity contribution is 5.99. The number of nitrogens with one attached hydrogen (secondary N) is 2. The predicted octanol–water partition coefficient (Wildman–Crippen LogP) is 1.99. The summed E-state index contributed by atoms with van der Waals surface area (Å²) in [5, 5.41) is 16.0. The molecule has 3 rings (SSSR count). The van der Waals surface area contributed by atoms with Gasteiger partial charge in [0.2, 0.25) is 17.7 Å². The third-order valence-electron chi connectivity index (χ3n) is 7.47. The van der Waals surface area contributed by atoms with E-state index in [1.54, 1.807) is 6.92 Å². The number of amides is 3. The summed E-state index contributed by atoms with van der Waals surface area (Å²) in [5.74, 6) is -2.13. The van der Waals surface area contributed by atoms with Crippen LogP contribution in [0.5, 0.6) is 0 Å². The standard InChI is InChI=1S/C25H43N3O5/c1-9-12-26-19(30)16-17-21(32)28(15(2)13-29)18(25(17)11-10-24(16,8)33-25)20(31)27-23(6,7)14-22(3,4)5/h15-18,29H,9-14H2,1-8H3,(H,26,30)(H,27,31)/t15-,16-,17+,18?,24+,25?/m1/s1. The van der Waals surface area contributed by atoms with E-state index >= 15 is 0 Å². The first kappa shape index (κ1) is 25.9. The largest absolute Gasteiger partial charge is 0.394 e. The summed E-state index contributed by atoms with van der Waals surface area (Å²) in [6.45, 7) is 16.2. The quantitative estimate of drug-likeness (QED) is 0.508. The van der Waals surface area contributed by atoms with E-state index in [4.69, 9.17) is 4.74 Å². The zero-order valence-corrected chi connectivity index (χ0v) is 21.6. The van der Waals surface area contributed by atoms with Crippen molar-refractivity contribution >= 4 is 17.7 Å². The van der Waals surface area contributed by atoms with E-state index < -0.39 is 40.7 Å². The van der Waals surface area contributed by atoms with Crippen molar-refractivity contribution < 1.29 is 24.2 Å². The number of likely N-dealkylation sites (tertiary alicyclic amines) is 1. The fourth-order valence-electron chi connectivity index (χ4n) is 6.76. The molecule has 3 N–H and O–H groups in total. The van der Waals surface area contributed by atoms with Crippen molar-refractivity contribution in [2.45, 2.75) is 110 Å². The third-order valence-corrected chi connectivity index (χ3v) is 7.47. The Labute approximate surface area is 198 Å². The predicted molar refractivity (Wildman–Crippen MR) is 125 cm³/mol. The van der Waals surface area contributed by atoms with Crippen LogP contribution in [0.15, 0.2) is 0 Å². The number of ether oxygens (including phenoxy) is 1. The number of carbonyl (C=O) groups is 3. The second kappa shape index (κ2) is 8.52. The lowest BCUT2D eigenvalue weighted by atomic mass is 9.66. The third kappa shape index (κ3) is 4.41. The van der Waals surface area contributed by atoms with Crippen LogP contribution in [0.1, 0.15) is 81.1 Å². The molecule has 0 radical (unpaired) electrons. The number of carbonyl (C=O) groups excluding carboxylic acids is 3. The minimum absolute atomic E-state index is 0.000570. The molecule has 3 heterocycles. The molecule has 0 aliphatic carbocycles. The van der Waals surface area contributed by atoms with Crippen LogP contribution in [-0.2, 0) is 19.1 Å². The maximum absolute atomic E-state index is 13.8. The van der Waals surface area contributed by atoms with Crippen LogP contribution in [0.4, 0.5) is 0 Å². The van der Waals surface area contributed by atoms with E-state index in [1.165, 1.54) is 4.90 Å². The average Bonchev–Trinajstić information content (AvgIpc) is 3.24. The molecule has 2 unspecified atom stereocenters. The van der Waals surface area contributed by atoms with Gasteiger partial charge in [0, 0.05) is 12.1 Å². The van der Waals surface area contributed by atoms with Crippen LogP contribution in [0.25, 0.3) is 0 Å². The van der Waals surface area contributed by atoms with Crippen molar-refractivity contribution in [2.75, 3.05) is 13.2 Å². The molecule has 0 aromatic heterocycles. The maximum atomic E-state index is 13.8. The van der Waals surface area contributed by atoms with Gasteiger partial charge in [-0.25, -0.2) is 0 Å². The van der Waals surface area contributed by atoms with Crippen LogP contribution >= 0.6 is 0 Å². The monoisotopic (exact) mass is 465 g/mol. The van der Waals surface area contributed by atoms with Gasteiger partial charge in [0.05, 0.1) is 30.1 Å². The van der Waals surface area contributed by atoms with Crippen molar-refractivity contribution in [3.05, 3.63) is 0 Å². The summed E-state index contributed by atoms with van der Waals surface area (Å²) in [4.78, 5) is 42.3. The van der Waals surface area contributed by atoms with E-state index in [0.29, 0.717) is 19.4 Å². The van der Waals surface area contributed by atoms with Crippen molar-refractivity contribution in [2.24, 2.45) is 17.3 Å². The van der Waals surface area contributed by atoms with Crippen molar-refractivity contribution in [1.29, 1.82) is 0 Å². The fourth-order valence-corrected chi connectivity index (χ4v) is 6.76. The number of hydrogen-bond donors (Lipinski definition) is 3. The average molecular weight is 466 g/mol. The molecule has 8 heteroatoms. The molecule has 3 amide bonds. The van der Waals surface area contributed by atoms with Gasteiger partial charge in [-0.1, -0.05) is 27.7 Å². The fraction of sp³-hybridized carbons (Fsp3) is 0.880. The summed E-state index contributed by atoms with van der Waals surface area (Å²) >= 11 is 0. The SMILES string of the molecule is CCCNC(=O)[C@H]1[C@H]2C(=O)N([C@H](C)CO)C(C(=O)NC(C)(C)CC(C)(C)C)C23CC[C@]1(C)O3. The molecule has 0 saturated carbocycles. The molecular formula is C25H43N3O5. The first-order chi connectivity index (χ1) is 15.1. The molecule has 188 valence electrons. The zero-order chi connectivity index (χ0) is 25.0. The molecule has 33 heavy (non-hydrogen) atoms. The van der Waals surface area contributed by atoms with Crippen LogP contribution in [-0.4, -0.2) is 69.7 Å². The Bertz CT molecular complexity index is 806. The highest BCUT2D eigenvalue weighted by atomic mass is 16.5. The molecule has 0 aromatic carbocycles. The Morgan fingerprint density at radius 2 is 1.85 bits per heavy atom. The lowest BCUT2D eigenvalue weighted by Crippen LogP contribution is -2.61. The van der Waals surface area contributed by atoms with Crippen LogP contribution in [0, 0.1) is 17.3 Å². The topological polar surface area (TPSA) is 108 Å². The first-order valence-corrected chi connectivity index (χ1v) is 12.4. The van der Waals surface area contributed by atoms with Crippen LogP contribution in [0.2, 0.25) is 0 Å². The summed E-state index contributed by atoms with van der Waals surface area (Å²) in [6, 6.07) is -1.45. The second-order valence-electron chi connectivity index (χ2n) is 12.4. The summed E-state index contributed by atoms with van der Waals surface area (Å²) in [7, 11) is 0. The normalized spacial score (nSPS) is 34.4. The van der Waals surface area contributed by atoms with Gasteiger partial charge >= 0.3 is 0 Å². The Morgan fingerprint density at radius 3 is 2.39 bits per heavy atom. The van der Waals surface area contributed by atoms with Gasteiger partial charge < -0.3 is 25.4 Å². The summed E-state index contributed by atoms with van der Waals surface area (Å²) < 4.78 is 6.56. The first-order valence-electron chi connectivity index (χ1n) is 12.4. The van der Waals surface area contributed by atoms with Gasteiger partial charge in [0.15, 0.2) is 0 Å². The number of fused-ring (bicyclic) bond motifs is 1. The molecule has 3 aliphatic rings. The molecule has 1 spiro atoms. The number of rotatable bonds is 8. The maximum Gasteiger partial charge on any atom is 0.246 e. The minimum Gasteiger partial charge on any atom is -0.394 e. The lowest BCUT2D eigenvalue weighted by Gasteiger charge is -2.39. The summed E-state index contributed by atoms with van der Waals surface area (Å²) in [6.07, 6.45) is 2.68. The van der Waals surface area contributed by atoms with Gasteiger partial charge in [-0.2, -0.15) is 0 Å². The van der Waals surface area contributed by atoms with Gasteiger partial charge in [0.25, 0.3) is 0 Å². The number of nitrogens with zero attached hydrogens (tertiary/aromatic N) is 1. The van der Waals surface area contributed by atoms with Crippen molar-refractivity contribution in [1.82, 2.24) is 15.5 Å².